The molecule has 0 spiro atoms. The fourth-order valence-electron chi connectivity index (χ4n) is 2.15. The molecule has 19 heavy (non-hydrogen) atoms. The van der Waals surface area contributed by atoms with Crippen molar-refractivity contribution in [1.82, 2.24) is 4.90 Å². The van der Waals surface area contributed by atoms with Crippen molar-refractivity contribution in [2.24, 2.45) is 0 Å². The third-order valence-electron chi connectivity index (χ3n) is 3.01. The van der Waals surface area contributed by atoms with Crippen LogP contribution in [0, 0.1) is 0 Å². The van der Waals surface area contributed by atoms with Crippen LogP contribution in [0.4, 0.5) is 4.79 Å². The molecule has 1 aliphatic rings. The van der Waals surface area contributed by atoms with E-state index in [1.165, 1.54) is 4.90 Å². The predicted octanol–water partition coefficient (Wildman–Crippen LogP) is 2.28. The number of nitrogens with zero attached hydrogens (tertiary/aromatic N) is 1. The lowest BCUT2D eigenvalue weighted by Crippen LogP contribution is -2.40. The van der Waals surface area contributed by atoms with E-state index in [1.807, 2.05) is 37.3 Å². The molecule has 1 fully saturated rings. The molecule has 102 valence electrons. The van der Waals surface area contributed by atoms with Crippen LogP contribution >= 0.6 is 12.6 Å². The van der Waals surface area contributed by atoms with Crippen LogP contribution in [-0.4, -0.2) is 34.8 Å². The maximum Gasteiger partial charge on any atom is 0.416 e. The molecule has 0 unspecified atom stereocenters. The summed E-state index contributed by atoms with van der Waals surface area (Å²) in [6.07, 6.45) is 0.322. The highest BCUT2D eigenvalue weighted by Crippen LogP contribution is 2.19. The van der Waals surface area contributed by atoms with Gasteiger partial charge in [-0.2, -0.15) is 12.6 Å². The number of benzene rings is 1. The number of hydrogen-bond donors (Lipinski definition) is 1. The summed E-state index contributed by atoms with van der Waals surface area (Å²) >= 11 is 4.19. The topological polar surface area (TPSA) is 46.6 Å². The Labute approximate surface area is 118 Å². The summed E-state index contributed by atoms with van der Waals surface area (Å²) in [6, 6.07) is 9.56. The van der Waals surface area contributed by atoms with E-state index < -0.39 is 6.09 Å². The molecule has 1 saturated heterocycles. The first-order valence-corrected chi connectivity index (χ1v) is 6.80. The summed E-state index contributed by atoms with van der Waals surface area (Å²) in [7, 11) is 0. The van der Waals surface area contributed by atoms with E-state index in [4.69, 9.17) is 4.74 Å². The molecule has 1 aromatic carbocycles. The van der Waals surface area contributed by atoms with Crippen LogP contribution in [0.2, 0.25) is 0 Å². The highest BCUT2D eigenvalue weighted by atomic mass is 32.1. The maximum absolute atomic E-state index is 12.0. The summed E-state index contributed by atoms with van der Waals surface area (Å²) in [5.74, 6) is -0.217. The Morgan fingerprint density at radius 2 is 2.16 bits per heavy atom. The largest absolute Gasteiger partial charge is 0.447 e. The molecule has 0 aromatic heterocycles. The summed E-state index contributed by atoms with van der Waals surface area (Å²) in [4.78, 5) is 24.9. The molecule has 2 rings (SSSR count). The zero-order valence-corrected chi connectivity index (χ0v) is 11.7. The van der Waals surface area contributed by atoms with Crippen molar-refractivity contribution in [3.63, 3.8) is 0 Å². The Balaban J connectivity index is 2.07. The van der Waals surface area contributed by atoms with E-state index in [0.29, 0.717) is 6.42 Å². The van der Waals surface area contributed by atoms with Crippen LogP contribution in [0.15, 0.2) is 30.3 Å². The van der Waals surface area contributed by atoms with Crippen molar-refractivity contribution in [3.8, 4) is 0 Å². The van der Waals surface area contributed by atoms with E-state index in [2.05, 4.69) is 12.6 Å². The summed E-state index contributed by atoms with van der Waals surface area (Å²) < 4.78 is 4.99. The minimum absolute atomic E-state index is 0.0710. The first-order chi connectivity index (χ1) is 9.08. The van der Waals surface area contributed by atoms with Gasteiger partial charge in [-0.05, 0) is 12.0 Å². The molecule has 2 amide bonds. The van der Waals surface area contributed by atoms with E-state index in [9.17, 15) is 9.59 Å². The normalized spacial score (nSPS) is 20.2. The number of amides is 2. The zero-order valence-electron chi connectivity index (χ0n) is 10.8. The van der Waals surface area contributed by atoms with Crippen LogP contribution in [0.25, 0.3) is 0 Å². The second-order valence-corrected chi connectivity index (χ2v) is 5.62. The number of carbonyl (C=O) groups excluding carboxylic acids is 2. The molecule has 1 aliphatic heterocycles. The first kappa shape index (κ1) is 13.9. The number of hydrogen-bond acceptors (Lipinski definition) is 4. The van der Waals surface area contributed by atoms with E-state index >= 15 is 0 Å². The fraction of sp³-hybridized carbons (Fsp3) is 0.429. The minimum atomic E-state index is -0.542. The average Bonchev–Trinajstić information content (AvgIpc) is 2.71. The van der Waals surface area contributed by atoms with Gasteiger partial charge < -0.3 is 4.74 Å². The van der Waals surface area contributed by atoms with Gasteiger partial charge in [0.15, 0.2) is 0 Å². The number of ether oxygens (including phenoxy) is 1. The van der Waals surface area contributed by atoms with Gasteiger partial charge in [-0.15, -0.1) is 0 Å². The molecule has 1 aromatic rings. The molecule has 0 N–H and O–H groups in total. The van der Waals surface area contributed by atoms with Crippen molar-refractivity contribution in [2.75, 3.05) is 6.61 Å². The van der Waals surface area contributed by atoms with Gasteiger partial charge in [-0.1, -0.05) is 37.3 Å². The van der Waals surface area contributed by atoms with Crippen molar-refractivity contribution >= 4 is 24.6 Å². The maximum atomic E-state index is 12.0. The molecule has 1 heterocycles. The third-order valence-corrected chi connectivity index (χ3v) is 3.20. The van der Waals surface area contributed by atoms with E-state index in [1.54, 1.807) is 0 Å². The molecular weight excluding hydrogens is 262 g/mol. The van der Waals surface area contributed by atoms with Crippen LogP contribution in [0.5, 0.6) is 0 Å². The first-order valence-electron chi connectivity index (χ1n) is 6.28. The van der Waals surface area contributed by atoms with Gasteiger partial charge in [-0.3, -0.25) is 4.79 Å². The lowest BCUT2D eigenvalue weighted by atomic mass is 10.1. The van der Waals surface area contributed by atoms with Crippen LogP contribution < -0.4 is 0 Å². The van der Waals surface area contributed by atoms with Gasteiger partial charge in [0.25, 0.3) is 0 Å². The molecular formula is C14H17NO3S. The van der Waals surface area contributed by atoms with Crippen LogP contribution in [-0.2, 0) is 16.0 Å². The monoisotopic (exact) mass is 279 g/mol. The lowest BCUT2D eigenvalue weighted by molar-refractivity contribution is -0.129. The lowest BCUT2D eigenvalue weighted by Gasteiger charge is -2.20. The Hall–Kier alpha value is -1.49. The van der Waals surface area contributed by atoms with Crippen LogP contribution in [0.3, 0.4) is 0 Å². The number of rotatable bonds is 4. The van der Waals surface area contributed by atoms with E-state index in [-0.39, 0.29) is 30.2 Å². The van der Waals surface area contributed by atoms with Gasteiger partial charge >= 0.3 is 6.09 Å². The van der Waals surface area contributed by atoms with Gasteiger partial charge in [0.2, 0.25) is 5.91 Å². The number of imide groups is 1. The van der Waals surface area contributed by atoms with Gasteiger partial charge in [0.1, 0.15) is 6.61 Å². The quantitative estimate of drug-likeness (QED) is 0.860. The SMILES string of the molecule is C[C@@H](S)CC(=O)N1C(=O)OC[C@@H]1Cc1ccccc1. The Kier molecular flexibility index (Phi) is 4.47. The Bertz CT molecular complexity index is 461. The van der Waals surface area contributed by atoms with Gasteiger partial charge in [0.05, 0.1) is 6.04 Å². The van der Waals surface area contributed by atoms with Crippen molar-refractivity contribution in [3.05, 3.63) is 35.9 Å². The van der Waals surface area contributed by atoms with Gasteiger partial charge in [0, 0.05) is 11.7 Å². The smallest absolute Gasteiger partial charge is 0.416 e. The zero-order chi connectivity index (χ0) is 13.8. The Morgan fingerprint density at radius 1 is 1.47 bits per heavy atom. The molecule has 0 saturated carbocycles. The highest BCUT2D eigenvalue weighted by molar-refractivity contribution is 7.80. The third kappa shape index (κ3) is 3.50. The standard InChI is InChI=1S/C14H17NO3S/c1-10(19)7-13(16)15-12(9-18-14(15)17)8-11-5-3-2-4-6-11/h2-6,10,12,19H,7-9H2,1H3/t10-,12+/m1/s1. The van der Waals surface area contributed by atoms with Crippen molar-refractivity contribution in [1.29, 1.82) is 0 Å². The predicted molar refractivity (Wildman–Crippen MR) is 75.2 cm³/mol. The van der Waals surface area contributed by atoms with Gasteiger partial charge in [-0.25, -0.2) is 9.69 Å². The number of carbonyl (C=O) groups is 2. The molecule has 5 heteroatoms. The average molecular weight is 279 g/mol. The summed E-state index contributed by atoms with van der Waals surface area (Å²) in [5.41, 5.74) is 1.09. The molecule has 0 radical (unpaired) electrons. The molecule has 4 nitrogen and oxygen atoms in total. The number of cyclic esters (lactones) is 1. The van der Waals surface area contributed by atoms with Crippen molar-refractivity contribution < 1.29 is 14.3 Å². The summed E-state index contributed by atoms with van der Waals surface area (Å²) in [6.45, 7) is 2.09. The minimum Gasteiger partial charge on any atom is -0.447 e. The highest BCUT2D eigenvalue weighted by Gasteiger charge is 2.37. The molecule has 0 bridgehead atoms. The molecule has 0 aliphatic carbocycles. The Morgan fingerprint density at radius 3 is 2.79 bits per heavy atom. The second kappa shape index (κ2) is 6.10. The summed E-state index contributed by atoms with van der Waals surface area (Å²) in [5, 5.41) is -0.0710. The van der Waals surface area contributed by atoms with E-state index in [0.717, 1.165) is 5.56 Å². The second-order valence-electron chi connectivity index (χ2n) is 4.74. The number of thiol groups is 1. The molecule has 2 atom stereocenters. The van der Waals surface area contributed by atoms with Crippen molar-refractivity contribution in [2.45, 2.75) is 31.1 Å². The van der Waals surface area contributed by atoms with Crippen LogP contribution in [0.1, 0.15) is 18.9 Å². The fourth-order valence-corrected chi connectivity index (χ4v) is 2.31.